The summed E-state index contributed by atoms with van der Waals surface area (Å²) in [5, 5.41) is 9.30. The summed E-state index contributed by atoms with van der Waals surface area (Å²) < 4.78 is 12.0. The first-order chi connectivity index (χ1) is 12.1. The van der Waals surface area contributed by atoms with Crippen LogP contribution in [0, 0.1) is 0 Å². The van der Waals surface area contributed by atoms with Gasteiger partial charge in [0.15, 0.2) is 4.88 Å². The number of aromatic carboxylic acids is 1. The Morgan fingerprint density at radius 1 is 1.27 bits per heavy atom. The summed E-state index contributed by atoms with van der Waals surface area (Å²) in [5.74, 6) is -0.718. The van der Waals surface area contributed by atoms with Crippen LogP contribution in [0.1, 0.15) is 62.5 Å². The van der Waals surface area contributed by atoms with E-state index in [9.17, 15) is 14.7 Å². The lowest BCUT2D eigenvalue weighted by molar-refractivity contribution is -0.0405. The predicted molar refractivity (Wildman–Crippen MR) is 99.4 cm³/mol. The van der Waals surface area contributed by atoms with Crippen LogP contribution >= 0.6 is 22.9 Å². The molecule has 2 aliphatic rings. The highest BCUT2D eigenvalue weighted by atomic mass is 35.5. The van der Waals surface area contributed by atoms with Crippen molar-refractivity contribution in [3.63, 3.8) is 0 Å². The minimum Gasteiger partial charge on any atom is -0.488 e. The van der Waals surface area contributed by atoms with Gasteiger partial charge in [-0.3, -0.25) is 0 Å². The van der Waals surface area contributed by atoms with Crippen LogP contribution in [-0.4, -0.2) is 45.9 Å². The van der Waals surface area contributed by atoms with Gasteiger partial charge in [-0.2, -0.15) is 0 Å². The third-order valence-electron chi connectivity index (χ3n) is 4.69. The molecule has 1 aromatic rings. The molecule has 2 bridgehead atoms. The Labute approximate surface area is 162 Å². The molecular formula is C18H24ClNO5S. The zero-order valence-corrected chi connectivity index (χ0v) is 16.7. The number of carboxylic acids is 1. The smallest absolute Gasteiger partial charge is 0.410 e. The molecule has 0 aliphatic carbocycles. The second-order valence-corrected chi connectivity index (χ2v) is 9.57. The van der Waals surface area contributed by atoms with E-state index in [1.54, 1.807) is 6.07 Å². The van der Waals surface area contributed by atoms with E-state index in [2.05, 4.69) is 0 Å². The van der Waals surface area contributed by atoms with Crippen molar-refractivity contribution in [1.82, 2.24) is 4.90 Å². The molecule has 144 valence electrons. The van der Waals surface area contributed by atoms with Crippen molar-refractivity contribution in [3.8, 4) is 5.75 Å². The Kier molecular flexibility index (Phi) is 5.40. The second-order valence-electron chi connectivity index (χ2n) is 7.89. The molecule has 2 fully saturated rings. The van der Waals surface area contributed by atoms with E-state index in [4.69, 9.17) is 21.1 Å². The minimum atomic E-state index is -1.04. The van der Waals surface area contributed by atoms with Crippen molar-refractivity contribution < 1.29 is 24.2 Å². The molecule has 3 rings (SSSR count). The van der Waals surface area contributed by atoms with Gasteiger partial charge in [0, 0.05) is 31.0 Å². The van der Waals surface area contributed by atoms with Gasteiger partial charge in [0.1, 0.15) is 17.5 Å². The number of fused-ring (bicyclic) bond motifs is 2. The molecule has 2 unspecified atom stereocenters. The van der Waals surface area contributed by atoms with Crippen LogP contribution in [0.4, 0.5) is 4.79 Å². The third-order valence-corrected chi connectivity index (χ3v) is 5.92. The van der Waals surface area contributed by atoms with E-state index in [0.717, 1.165) is 30.6 Å². The van der Waals surface area contributed by atoms with E-state index >= 15 is 0 Å². The van der Waals surface area contributed by atoms with Gasteiger partial charge < -0.3 is 19.5 Å². The number of carbonyl (C=O) groups excluding carboxylic acids is 1. The van der Waals surface area contributed by atoms with E-state index in [1.807, 2.05) is 25.7 Å². The lowest BCUT2D eigenvalue weighted by atomic mass is 9.83. The van der Waals surface area contributed by atoms with Crippen LogP contribution in [-0.2, 0) is 4.74 Å². The summed E-state index contributed by atoms with van der Waals surface area (Å²) in [5.41, 5.74) is -0.525. The number of hydrogen-bond donors (Lipinski definition) is 1. The molecule has 1 aromatic heterocycles. The Morgan fingerprint density at radius 2 is 1.88 bits per heavy atom. The topological polar surface area (TPSA) is 76.1 Å². The first-order valence-corrected chi connectivity index (χ1v) is 10.0. The highest BCUT2D eigenvalue weighted by Crippen LogP contribution is 2.39. The molecule has 3 heterocycles. The van der Waals surface area contributed by atoms with Crippen molar-refractivity contribution in [2.24, 2.45) is 0 Å². The van der Waals surface area contributed by atoms with Gasteiger partial charge in [0.05, 0.1) is 4.34 Å². The summed E-state index contributed by atoms with van der Waals surface area (Å²) in [4.78, 5) is 25.9. The van der Waals surface area contributed by atoms with Crippen LogP contribution in [0.3, 0.4) is 0 Å². The zero-order valence-electron chi connectivity index (χ0n) is 15.2. The van der Waals surface area contributed by atoms with Crippen molar-refractivity contribution in [2.45, 2.75) is 76.7 Å². The van der Waals surface area contributed by atoms with Crippen molar-refractivity contribution in [3.05, 3.63) is 15.3 Å². The van der Waals surface area contributed by atoms with Gasteiger partial charge in [-0.1, -0.05) is 11.6 Å². The monoisotopic (exact) mass is 401 g/mol. The SMILES string of the molecule is CC(C)(C)OC(=O)N1C2CCCC1CC(Oc1cc(Cl)sc1C(=O)O)C2. The number of piperidine rings is 2. The molecule has 0 radical (unpaired) electrons. The average Bonchev–Trinajstić information content (AvgIpc) is 2.85. The Hall–Kier alpha value is -1.47. The first-order valence-electron chi connectivity index (χ1n) is 8.84. The van der Waals surface area contributed by atoms with E-state index in [-0.39, 0.29) is 29.2 Å². The summed E-state index contributed by atoms with van der Waals surface area (Å²) in [6, 6.07) is 1.68. The molecule has 1 N–H and O–H groups in total. The number of ether oxygens (including phenoxy) is 2. The first kappa shape index (κ1) is 19.3. The summed E-state index contributed by atoms with van der Waals surface area (Å²) in [7, 11) is 0. The van der Waals surface area contributed by atoms with Gasteiger partial charge in [0.2, 0.25) is 0 Å². The van der Waals surface area contributed by atoms with Crippen molar-refractivity contribution in [2.75, 3.05) is 0 Å². The normalized spacial score (nSPS) is 25.7. The van der Waals surface area contributed by atoms with Crippen molar-refractivity contribution in [1.29, 1.82) is 0 Å². The summed E-state index contributed by atoms with van der Waals surface area (Å²) >= 11 is 6.96. The summed E-state index contributed by atoms with van der Waals surface area (Å²) in [6.45, 7) is 5.60. The van der Waals surface area contributed by atoms with E-state index in [1.165, 1.54) is 0 Å². The van der Waals surface area contributed by atoms with E-state index < -0.39 is 11.6 Å². The fraction of sp³-hybridized carbons (Fsp3) is 0.667. The quantitative estimate of drug-likeness (QED) is 0.787. The number of halogens is 1. The largest absolute Gasteiger partial charge is 0.488 e. The molecular weight excluding hydrogens is 378 g/mol. The van der Waals surface area contributed by atoms with Crippen LogP contribution in [0.15, 0.2) is 6.07 Å². The lowest BCUT2D eigenvalue weighted by Crippen LogP contribution is -2.57. The second kappa shape index (κ2) is 7.27. The van der Waals surface area contributed by atoms with Gasteiger partial charge >= 0.3 is 12.1 Å². The fourth-order valence-corrected chi connectivity index (χ4v) is 4.79. The van der Waals surface area contributed by atoms with Gasteiger partial charge in [-0.15, -0.1) is 11.3 Å². The maximum absolute atomic E-state index is 12.6. The molecule has 0 spiro atoms. The van der Waals surface area contributed by atoms with Crippen molar-refractivity contribution >= 4 is 35.0 Å². The molecule has 2 saturated heterocycles. The molecule has 8 heteroatoms. The fourth-order valence-electron chi connectivity index (χ4n) is 3.80. The number of carbonyl (C=O) groups is 2. The molecule has 0 aromatic carbocycles. The van der Waals surface area contributed by atoms with Gasteiger partial charge in [-0.25, -0.2) is 9.59 Å². The number of rotatable bonds is 3. The highest BCUT2D eigenvalue weighted by molar-refractivity contribution is 7.18. The standard InChI is InChI=1S/C18H24ClNO5S/c1-18(2,3)25-17(23)20-10-5-4-6-11(20)8-12(7-10)24-13-9-14(19)26-15(13)16(21)22/h9-12H,4-8H2,1-3H3,(H,21,22). The van der Waals surface area contributed by atoms with Crippen LogP contribution in [0.5, 0.6) is 5.75 Å². The molecule has 26 heavy (non-hydrogen) atoms. The molecule has 1 amide bonds. The van der Waals surface area contributed by atoms with Gasteiger partial charge in [-0.05, 0) is 40.0 Å². The zero-order chi connectivity index (χ0) is 19.1. The number of amides is 1. The van der Waals surface area contributed by atoms with Gasteiger partial charge in [0.25, 0.3) is 0 Å². The van der Waals surface area contributed by atoms with E-state index in [0.29, 0.717) is 22.9 Å². The molecule has 0 saturated carbocycles. The predicted octanol–water partition coefficient (Wildman–Crippen LogP) is 4.80. The number of hydrogen-bond acceptors (Lipinski definition) is 5. The molecule has 2 atom stereocenters. The average molecular weight is 402 g/mol. The highest BCUT2D eigenvalue weighted by Gasteiger charge is 2.43. The maximum Gasteiger partial charge on any atom is 0.410 e. The third kappa shape index (κ3) is 4.26. The van der Waals surface area contributed by atoms with Crippen LogP contribution < -0.4 is 4.74 Å². The van der Waals surface area contributed by atoms with Crippen LogP contribution in [0.2, 0.25) is 4.34 Å². The Balaban J connectivity index is 1.72. The Morgan fingerprint density at radius 3 is 2.42 bits per heavy atom. The number of carboxylic acid groups (broad SMARTS) is 1. The molecule has 6 nitrogen and oxygen atoms in total. The Bertz CT molecular complexity index is 684. The maximum atomic E-state index is 12.6. The lowest BCUT2D eigenvalue weighted by Gasteiger charge is -2.48. The number of thiophene rings is 1. The molecule has 2 aliphatic heterocycles. The minimum absolute atomic E-state index is 0.0599. The summed E-state index contributed by atoms with van der Waals surface area (Å²) in [6.07, 6.45) is 3.83. The van der Waals surface area contributed by atoms with Crippen LogP contribution in [0.25, 0.3) is 0 Å². The number of nitrogens with zero attached hydrogens (tertiary/aromatic N) is 1.